The number of hydrogen-bond donors (Lipinski definition) is 1. The summed E-state index contributed by atoms with van der Waals surface area (Å²) < 4.78 is 38.0. The fourth-order valence-corrected chi connectivity index (χ4v) is 2.73. The number of aromatic nitrogens is 3. The molecule has 0 spiro atoms. The lowest BCUT2D eigenvalue weighted by Crippen LogP contribution is -2.04. The molecule has 0 aromatic carbocycles. The summed E-state index contributed by atoms with van der Waals surface area (Å²) in [4.78, 5) is 12.6. The maximum Gasteiger partial charge on any atom is 0.443 e. The van der Waals surface area contributed by atoms with Gasteiger partial charge in [0.15, 0.2) is 5.01 Å². The van der Waals surface area contributed by atoms with E-state index in [2.05, 4.69) is 20.3 Å². The summed E-state index contributed by atoms with van der Waals surface area (Å²) in [6.07, 6.45) is -1.67. The zero-order valence-electron chi connectivity index (χ0n) is 11.9. The SMILES string of the molecule is CCCc1nc(NC)c(C)c(-c2cnc(C(F)(F)F)s2)n1. The van der Waals surface area contributed by atoms with Gasteiger partial charge in [-0.1, -0.05) is 6.92 Å². The van der Waals surface area contributed by atoms with Gasteiger partial charge in [-0.05, 0) is 13.3 Å². The fourth-order valence-electron chi connectivity index (χ4n) is 1.90. The topological polar surface area (TPSA) is 50.7 Å². The summed E-state index contributed by atoms with van der Waals surface area (Å²) in [6.45, 7) is 3.78. The Kier molecular flexibility index (Phi) is 4.46. The van der Waals surface area contributed by atoms with Gasteiger partial charge in [0.25, 0.3) is 0 Å². The summed E-state index contributed by atoms with van der Waals surface area (Å²) >= 11 is 0.599. The van der Waals surface area contributed by atoms with Gasteiger partial charge in [0.1, 0.15) is 11.6 Å². The van der Waals surface area contributed by atoms with Crippen molar-refractivity contribution in [2.24, 2.45) is 0 Å². The van der Waals surface area contributed by atoms with Gasteiger partial charge in [-0.3, -0.25) is 0 Å². The molecule has 0 aliphatic carbocycles. The van der Waals surface area contributed by atoms with Crippen LogP contribution in [0.25, 0.3) is 10.6 Å². The summed E-state index contributed by atoms with van der Waals surface area (Å²) in [5.41, 5.74) is 1.22. The Morgan fingerprint density at radius 1 is 1.29 bits per heavy atom. The van der Waals surface area contributed by atoms with Crippen molar-refractivity contribution in [2.45, 2.75) is 32.9 Å². The van der Waals surface area contributed by atoms with Crippen molar-refractivity contribution < 1.29 is 13.2 Å². The number of rotatable bonds is 4. The van der Waals surface area contributed by atoms with Crippen molar-refractivity contribution in [3.63, 3.8) is 0 Å². The zero-order chi connectivity index (χ0) is 15.6. The van der Waals surface area contributed by atoms with Crippen LogP contribution in [-0.4, -0.2) is 22.0 Å². The molecule has 0 atom stereocenters. The van der Waals surface area contributed by atoms with Crippen LogP contribution < -0.4 is 5.32 Å². The van der Waals surface area contributed by atoms with Gasteiger partial charge in [-0.2, -0.15) is 13.2 Å². The molecular weight excluding hydrogens is 301 g/mol. The first-order chi connectivity index (χ1) is 9.86. The van der Waals surface area contributed by atoms with Gasteiger partial charge in [0.2, 0.25) is 0 Å². The smallest absolute Gasteiger partial charge is 0.373 e. The van der Waals surface area contributed by atoms with Gasteiger partial charge < -0.3 is 5.32 Å². The van der Waals surface area contributed by atoms with E-state index >= 15 is 0 Å². The van der Waals surface area contributed by atoms with Gasteiger partial charge in [0, 0.05) is 25.2 Å². The average molecular weight is 316 g/mol. The van der Waals surface area contributed by atoms with E-state index in [0.29, 0.717) is 40.0 Å². The third-order valence-electron chi connectivity index (χ3n) is 2.88. The van der Waals surface area contributed by atoms with Gasteiger partial charge in [0.05, 0.1) is 10.6 Å². The minimum Gasteiger partial charge on any atom is -0.373 e. The largest absolute Gasteiger partial charge is 0.443 e. The zero-order valence-corrected chi connectivity index (χ0v) is 12.7. The third-order valence-corrected chi connectivity index (χ3v) is 3.93. The second-order valence-corrected chi connectivity index (χ2v) is 5.52. The van der Waals surface area contributed by atoms with E-state index in [1.165, 1.54) is 6.20 Å². The molecule has 0 radical (unpaired) electrons. The predicted molar refractivity (Wildman–Crippen MR) is 76.4 cm³/mol. The molecule has 0 aliphatic heterocycles. The number of nitrogens with zero attached hydrogens (tertiary/aromatic N) is 3. The van der Waals surface area contributed by atoms with Crippen molar-refractivity contribution in [3.05, 3.63) is 22.6 Å². The van der Waals surface area contributed by atoms with Crippen molar-refractivity contribution in [3.8, 4) is 10.6 Å². The van der Waals surface area contributed by atoms with E-state index in [-0.39, 0.29) is 0 Å². The van der Waals surface area contributed by atoms with Gasteiger partial charge in [-0.25, -0.2) is 15.0 Å². The molecule has 4 nitrogen and oxygen atoms in total. The van der Waals surface area contributed by atoms with Gasteiger partial charge in [-0.15, -0.1) is 11.3 Å². The summed E-state index contributed by atoms with van der Waals surface area (Å²) in [6, 6.07) is 0. The van der Waals surface area contributed by atoms with Crippen molar-refractivity contribution in [1.82, 2.24) is 15.0 Å². The first-order valence-electron chi connectivity index (χ1n) is 6.45. The third kappa shape index (κ3) is 3.31. The number of hydrogen-bond acceptors (Lipinski definition) is 5. The minimum atomic E-state index is -4.43. The lowest BCUT2D eigenvalue weighted by molar-refractivity contribution is -0.137. The Labute approximate surface area is 124 Å². The summed E-state index contributed by atoms with van der Waals surface area (Å²) in [5.74, 6) is 1.25. The van der Waals surface area contributed by atoms with Crippen LogP contribution in [0.5, 0.6) is 0 Å². The van der Waals surface area contributed by atoms with Crippen LogP contribution in [0.4, 0.5) is 19.0 Å². The number of thiazole rings is 1. The molecule has 8 heteroatoms. The molecule has 2 rings (SSSR count). The van der Waals surface area contributed by atoms with E-state index in [4.69, 9.17) is 0 Å². The Morgan fingerprint density at radius 2 is 2.00 bits per heavy atom. The van der Waals surface area contributed by atoms with Crippen molar-refractivity contribution in [1.29, 1.82) is 0 Å². The minimum absolute atomic E-state index is 0.399. The molecule has 0 saturated heterocycles. The fraction of sp³-hybridized carbons (Fsp3) is 0.462. The first-order valence-corrected chi connectivity index (χ1v) is 7.27. The van der Waals surface area contributed by atoms with Crippen molar-refractivity contribution in [2.75, 3.05) is 12.4 Å². The molecule has 2 aromatic heterocycles. The van der Waals surface area contributed by atoms with Crippen LogP contribution in [0, 0.1) is 6.92 Å². The van der Waals surface area contributed by atoms with Crippen LogP contribution >= 0.6 is 11.3 Å². The standard InChI is InChI=1S/C13H15F3N4S/c1-4-5-9-19-10(7(2)11(17-3)20-9)8-6-18-12(21-8)13(14,15)16/h6H,4-5H2,1-3H3,(H,17,19,20). The molecular formula is C13H15F3N4S. The molecule has 2 heterocycles. The molecule has 0 amide bonds. The molecule has 0 unspecified atom stereocenters. The molecule has 0 fully saturated rings. The molecule has 21 heavy (non-hydrogen) atoms. The first kappa shape index (κ1) is 15.7. The van der Waals surface area contributed by atoms with Crippen LogP contribution in [0.2, 0.25) is 0 Å². The number of alkyl halides is 3. The lowest BCUT2D eigenvalue weighted by atomic mass is 10.2. The van der Waals surface area contributed by atoms with Gasteiger partial charge >= 0.3 is 6.18 Å². The second kappa shape index (κ2) is 5.97. The molecule has 0 aliphatic rings. The van der Waals surface area contributed by atoms with Crippen LogP contribution in [-0.2, 0) is 12.6 Å². The van der Waals surface area contributed by atoms with Crippen molar-refractivity contribution >= 4 is 17.2 Å². The molecule has 114 valence electrons. The Bertz CT molecular complexity index is 637. The quantitative estimate of drug-likeness (QED) is 0.929. The Morgan fingerprint density at radius 3 is 2.52 bits per heavy atom. The lowest BCUT2D eigenvalue weighted by Gasteiger charge is -2.10. The average Bonchev–Trinajstić information content (AvgIpc) is 2.90. The highest BCUT2D eigenvalue weighted by Gasteiger charge is 2.35. The maximum absolute atomic E-state index is 12.7. The van der Waals surface area contributed by atoms with Crippen LogP contribution in [0.1, 0.15) is 29.7 Å². The Hall–Kier alpha value is -1.70. The monoisotopic (exact) mass is 316 g/mol. The molecule has 0 saturated carbocycles. The summed E-state index contributed by atoms with van der Waals surface area (Å²) in [7, 11) is 1.72. The molecule has 1 N–H and O–H groups in total. The highest BCUT2D eigenvalue weighted by molar-refractivity contribution is 7.15. The van der Waals surface area contributed by atoms with Crippen LogP contribution in [0.15, 0.2) is 6.20 Å². The number of anilines is 1. The van der Waals surface area contributed by atoms with Crippen LogP contribution in [0.3, 0.4) is 0 Å². The highest BCUT2D eigenvalue weighted by Crippen LogP contribution is 2.37. The maximum atomic E-state index is 12.7. The normalized spacial score (nSPS) is 11.7. The second-order valence-electron chi connectivity index (χ2n) is 4.49. The molecule has 0 bridgehead atoms. The molecule has 2 aromatic rings. The summed E-state index contributed by atoms with van der Waals surface area (Å²) in [5, 5.41) is 2.09. The number of aryl methyl sites for hydroxylation is 1. The predicted octanol–water partition coefficient (Wildman–Crippen LogP) is 3.92. The highest BCUT2D eigenvalue weighted by atomic mass is 32.1. The van der Waals surface area contributed by atoms with E-state index in [9.17, 15) is 13.2 Å². The van der Waals surface area contributed by atoms with E-state index in [0.717, 1.165) is 12.0 Å². The van der Waals surface area contributed by atoms with E-state index < -0.39 is 11.2 Å². The van der Waals surface area contributed by atoms with E-state index in [1.54, 1.807) is 14.0 Å². The number of halogens is 3. The number of nitrogens with one attached hydrogen (secondary N) is 1. The Balaban J connectivity index is 2.51. The van der Waals surface area contributed by atoms with E-state index in [1.807, 2.05) is 6.92 Å².